The zero-order valence-corrected chi connectivity index (χ0v) is 31.7. The first-order chi connectivity index (χ1) is 28.3. The Labute approximate surface area is 335 Å². The Kier molecular flexibility index (Phi) is 8.03. The van der Waals surface area contributed by atoms with E-state index in [1.54, 1.807) is 0 Å². The topological polar surface area (TPSA) is 8.17 Å². The van der Waals surface area contributed by atoms with Crippen LogP contribution in [0.15, 0.2) is 218 Å². The summed E-state index contributed by atoms with van der Waals surface area (Å²) in [5, 5.41) is 1.35. The summed E-state index contributed by atoms with van der Waals surface area (Å²) in [5.74, 6) is 0.741. The van der Waals surface area contributed by atoms with Crippen LogP contribution in [0.5, 0.6) is 0 Å². The fourth-order valence-electron chi connectivity index (χ4n) is 10.1. The maximum Gasteiger partial charge on any atom is 0.0740 e. The predicted molar refractivity (Wildman–Crippen MR) is 238 cm³/mol. The average molecular weight is 731 g/mol. The van der Waals surface area contributed by atoms with Crippen molar-refractivity contribution in [3.8, 4) is 16.8 Å². The van der Waals surface area contributed by atoms with Gasteiger partial charge in [-0.15, -0.1) is 0 Å². The summed E-state index contributed by atoms with van der Waals surface area (Å²) in [6.07, 6.45) is 14.0. The van der Waals surface area contributed by atoms with Crippen LogP contribution >= 0.6 is 0 Å². The van der Waals surface area contributed by atoms with Gasteiger partial charge >= 0.3 is 0 Å². The van der Waals surface area contributed by atoms with E-state index in [1.165, 1.54) is 61.2 Å². The highest BCUT2D eigenvalue weighted by Crippen LogP contribution is 2.60. The number of benzene rings is 7. The number of para-hydroxylation sites is 2. The molecule has 2 unspecified atom stereocenters. The van der Waals surface area contributed by atoms with Crippen molar-refractivity contribution in [1.29, 1.82) is 0 Å². The van der Waals surface area contributed by atoms with E-state index >= 15 is 0 Å². The molecule has 8 aromatic rings. The van der Waals surface area contributed by atoms with Gasteiger partial charge in [0.15, 0.2) is 0 Å². The molecule has 2 atom stereocenters. The number of rotatable bonds is 7. The van der Waals surface area contributed by atoms with Crippen molar-refractivity contribution in [3.63, 3.8) is 0 Å². The number of fused-ring (bicyclic) bond motifs is 5. The highest BCUT2D eigenvalue weighted by atomic mass is 15.1. The van der Waals surface area contributed by atoms with E-state index in [2.05, 4.69) is 228 Å². The molecule has 0 saturated heterocycles. The Morgan fingerprint density at radius 2 is 1.14 bits per heavy atom. The van der Waals surface area contributed by atoms with Crippen molar-refractivity contribution in [2.75, 3.05) is 4.90 Å². The molecule has 0 saturated carbocycles. The molecule has 2 heteroatoms. The van der Waals surface area contributed by atoms with Gasteiger partial charge in [-0.25, -0.2) is 0 Å². The number of hydrogen-bond donors (Lipinski definition) is 0. The largest absolute Gasteiger partial charge is 0.310 e. The summed E-state index contributed by atoms with van der Waals surface area (Å²) in [4.78, 5) is 2.40. The van der Waals surface area contributed by atoms with Gasteiger partial charge in [-0.1, -0.05) is 164 Å². The molecule has 0 N–H and O–H groups in total. The lowest BCUT2D eigenvalue weighted by Crippen LogP contribution is -2.39. The lowest BCUT2D eigenvalue weighted by Gasteiger charge is -2.46. The van der Waals surface area contributed by atoms with E-state index in [9.17, 15) is 0 Å². The molecule has 3 aliphatic rings. The monoisotopic (exact) mass is 730 g/mol. The molecule has 2 aliphatic carbocycles. The molecule has 57 heavy (non-hydrogen) atoms. The summed E-state index contributed by atoms with van der Waals surface area (Å²) in [6.45, 7) is 0. The number of aromatic nitrogens is 1. The quantitative estimate of drug-likeness (QED) is 0.158. The van der Waals surface area contributed by atoms with E-state index in [0.29, 0.717) is 11.8 Å². The number of hydrogen-bond acceptors (Lipinski definition) is 1. The Hall–Kier alpha value is -6.90. The summed E-state index contributed by atoms with van der Waals surface area (Å²) >= 11 is 0. The van der Waals surface area contributed by atoms with E-state index in [1.807, 2.05) is 0 Å². The van der Waals surface area contributed by atoms with Gasteiger partial charge in [0, 0.05) is 22.4 Å². The normalized spacial score (nSPS) is 17.4. The second-order valence-electron chi connectivity index (χ2n) is 15.6. The molecule has 11 rings (SSSR count). The van der Waals surface area contributed by atoms with Crippen molar-refractivity contribution < 1.29 is 0 Å². The Morgan fingerprint density at radius 3 is 1.75 bits per heavy atom. The summed E-state index contributed by atoms with van der Waals surface area (Å²) in [5.41, 5.74) is 15.8. The minimum Gasteiger partial charge on any atom is -0.310 e. The molecule has 1 aromatic heterocycles. The minimum absolute atomic E-state index is 0.329. The van der Waals surface area contributed by atoms with E-state index in [4.69, 9.17) is 0 Å². The van der Waals surface area contributed by atoms with Crippen molar-refractivity contribution in [2.45, 2.75) is 18.3 Å². The van der Waals surface area contributed by atoms with Crippen LogP contribution in [0.1, 0.15) is 34.4 Å². The van der Waals surface area contributed by atoms with E-state index < -0.39 is 5.41 Å². The van der Waals surface area contributed by atoms with E-state index in [0.717, 1.165) is 29.9 Å². The van der Waals surface area contributed by atoms with Gasteiger partial charge < -0.3 is 9.47 Å². The van der Waals surface area contributed by atoms with Gasteiger partial charge in [0.25, 0.3) is 0 Å². The molecule has 0 fully saturated rings. The van der Waals surface area contributed by atoms with Crippen LogP contribution in [-0.4, -0.2) is 4.57 Å². The van der Waals surface area contributed by atoms with Crippen molar-refractivity contribution in [2.24, 2.45) is 11.8 Å². The molecular weight excluding hydrogens is 689 g/mol. The second kappa shape index (κ2) is 13.7. The van der Waals surface area contributed by atoms with Gasteiger partial charge in [0.2, 0.25) is 0 Å². The molecule has 2 heterocycles. The molecule has 0 bridgehead atoms. The first-order valence-corrected chi connectivity index (χ1v) is 20.2. The Morgan fingerprint density at radius 1 is 0.526 bits per heavy atom. The van der Waals surface area contributed by atoms with Crippen LogP contribution in [0, 0.1) is 11.8 Å². The molecule has 2 nitrogen and oxygen atoms in total. The number of anilines is 3. The minimum atomic E-state index is -0.596. The molecular formula is C55H42N2. The van der Waals surface area contributed by atoms with Gasteiger partial charge in [-0.05, 0) is 118 Å². The third kappa shape index (κ3) is 5.32. The van der Waals surface area contributed by atoms with Crippen LogP contribution in [-0.2, 0) is 11.8 Å². The maximum absolute atomic E-state index is 2.69. The standard InChI is InChI=1S/C55H42N2/c1-7-19-39(20-8-1)41-31-33-52-48(35-41)49-36-42(40-21-9-2-10-22-40)37-51-54(49)57(52)53-34-32-47(56(45-27-15-5-16-28-45)46-29-17-6-18-30-46)38-50(53)55(51,43-23-11-3-12-24-43)44-25-13-4-14-26-44/h1-21,23-35,37-38,40,42H,22,36H2. The van der Waals surface area contributed by atoms with Crippen LogP contribution < -0.4 is 4.90 Å². The van der Waals surface area contributed by atoms with Crippen molar-refractivity contribution in [3.05, 3.63) is 246 Å². The van der Waals surface area contributed by atoms with Crippen LogP contribution in [0.25, 0.3) is 33.3 Å². The maximum atomic E-state index is 2.69. The summed E-state index contributed by atoms with van der Waals surface area (Å²) < 4.78 is 2.61. The second-order valence-corrected chi connectivity index (χ2v) is 15.6. The fraction of sp³-hybridized carbons (Fsp3) is 0.0909. The molecule has 0 spiro atoms. The average Bonchev–Trinajstić information content (AvgIpc) is 3.62. The molecule has 0 radical (unpaired) electrons. The molecule has 272 valence electrons. The summed E-state index contributed by atoms with van der Waals surface area (Å²) in [7, 11) is 0. The van der Waals surface area contributed by atoms with Gasteiger partial charge in [-0.2, -0.15) is 0 Å². The Bertz CT molecular complexity index is 2750. The molecule has 1 aliphatic heterocycles. The fourth-order valence-corrected chi connectivity index (χ4v) is 10.1. The zero-order valence-electron chi connectivity index (χ0n) is 31.7. The first kappa shape index (κ1) is 33.4. The first-order valence-electron chi connectivity index (χ1n) is 20.2. The SMILES string of the molecule is C1=CCC(C2C=C3c4c(c5cc(-c6ccccc6)ccc5n4-c4ccc(N(c5ccccc5)c5ccccc5)cc4C3(c3ccccc3)c3ccccc3)C2)C=C1. The molecule has 7 aromatic carbocycles. The van der Waals surface area contributed by atoms with Crippen LogP contribution in [0.2, 0.25) is 0 Å². The third-order valence-corrected chi connectivity index (χ3v) is 12.5. The van der Waals surface area contributed by atoms with Crippen molar-refractivity contribution >= 4 is 33.5 Å². The highest BCUT2D eigenvalue weighted by molar-refractivity contribution is 6.01. The summed E-state index contributed by atoms with van der Waals surface area (Å²) in [6, 6.07) is 69.4. The van der Waals surface area contributed by atoms with E-state index in [-0.39, 0.29) is 0 Å². The number of allylic oxidation sites excluding steroid dienone is 6. The zero-order chi connectivity index (χ0) is 37.8. The van der Waals surface area contributed by atoms with Gasteiger partial charge in [0.1, 0.15) is 0 Å². The van der Waals surface area contributed by atoms with Gasteiger partial charge in [0.05, 0.1) is 22.3 Å². The lowest BCUT2D eigenvalue weighted by atomic mass is 9.59. The smallest absolute Gasteiger partial charge is 0.0740 e. The third-order valence-electron chi connectivity index (χ3n) is 12.5. The predicted octanol–water partition coefficient (Wildman–Crippen LogP) is 13.8. The number of nitrogens with zero attached hydrogens (tertiary/aromatic N) is 2. The van der Waals surface area contributed by atoms with Crippen molar-refractivity contribution in [1.82, 2.24) is 4.57 Å². The van der Waals surface area contributed by atoms with Crippen LogP contribution in [0.4, 0.5) is 17.1 Å². The lowest BCUT2D eigenvalue weighted by molar-refractivity contribution is 0.466. The molecule has 0 amide bonds. The Balaban J connectivity index is 1.27. The van der Waals surface area contributed by atoms with Crippen LogP contribution in [0.3, 0.4) is 0 Å². The van der Waals surface area contributed by atoms with Gasteiger partial charge in [-0.3, -0.25) is 0 Å². The highest BCUT2D eigenvalue weighted by Gasteiger charge is 2.50.